The summed E-state index contributed by atoms with van der Waals surface area (Å²) in [6, 6.07) is 0. The van der Waals surface area contributed by atoms with Crippen LogP contribution in [0.1, 0.15) is 32.6 Å². The van der Waals surface area contributed by atoms with E-state index in [0.717, 1.165) is 0 Å². The number of ether oxygens (including phenoxy) is 1. The van der Waals surface area contributed by atoms with Gasteiger partial charge in [-0.1, -0.05) is 0 Å². The molecule has 0 amide bonds. The van der Waals surface area contributed by atoms with E-state index in [0.29, 0.717) is 0 Å². The topological polar surface area (TPSA) is 182 Å². The highest BCUT2D eigenvalue weighted by Crippen LogP contribution is 2.36. The lowest BCUT2D eigenvalue weighted by Gasteiger charge is -2.44. The minimum Gasteiger partial charge on any atom is -0.477 e. The minimum absolute atomic E-state index is 0.00590. The van der Waals surface area contributed by atoms with Crippen molar-refractivity contribution in [2.45, 2.75) is 62.8 Å². The van der Waals surface area contributed by atoms with Crippen LogP contribution in [0, 0.1) is 5.92 Å². The summed E-state index contributed by atoms with van der Waals surface area (Å²) in [5.41, 5.74) is 0. The number of ketones is 2. The van der Waals surface area contributed by atoms with Gasteiger partial charge in [-0.2, -0.15) is 0 Å². The van der Waals surface area contributed by atoms with Gasteiger partial charge in [-0.15, -0.1) is 0 Å². The van der Waals surface area contributed by atoms with Gasteiger partial charge in [0.15, 0.2) is 0 Å². The van der Waals surface area contributed by atoms with Crippen molar-refractivity contribution in [3.05, 3.63) is 0 Å². The van der Waals surface area contributed by atoms with Crippen molar-refractivity contribution in [1.29, 1.82) is 0 Å². The SMILES string of the molecule is CC(=O)CCC(=O)C[C@H]1C([C@H](O)[C@H](O)CO)O[C@@](O)(C(=O)O)C[C@H]1O. The van der Waals surface area contributed by atoms with Crippen LogP contribution in [0.4, 0.5) is 0 Å². The van der Waals surface area contributed by atoms with Crippen molar-refractivity contribution in [2.75, 3.05) is 6.61 Å². The van der Waals surface area contributed by atoms with Gasteiger partial charge in [0.25, 0.3) is 5.79 Å². The fourth-order valence-corrected chi connectivity index (χ4v) is 2.73. The fourth-order valence-electron chi connectivity index (χ4n) is 2.73. The zero-order chi connectivity index (χ0) is 19.4. The minimum atomic E-state index is -2.81. The molecule has 10 nitrogen and oxygen atoms in total. The highest BCUT2D eigenvalue weighted by molar-refractivity contribution is 5.85. The zero-order valence-corrected chi connectivity index (χ0v) is 13.7. The molecule has 10 heteroatoms. The van der Waals surface area contributed by atoms with Crippen LogP contribution >= 0.6 is 0 Å². The number of aliphatic hydroxyl groups is 5. The van der Waals surface area contributed by atoms with Gasteiger partial charge in [-0.25, -0.2) is 4.79 Å². The van der Waals surface area contributed by atoms with Crippen LogP contribution in [-0.4, -0.2) is 85.0 Å². The third-order valence-corrected chi connectivity index (χ3v) is 4.20. The summed E-state index contributed by atoms with van der Waals surface area (Å²) in [5.74, 6) is -6.38. The van der Waals surface area contributed by atoms with Gasteiger partial charge in [0.1, 0.15) is 23.8 Å². The molecule has 0 saturated carbocycles. The monoisotopic (exact) mass is 364 g/mol. The molecule has 0 radical (unpaired) electrons. The molecule has 0 aromatic carbocycles. The summed E-state index contributed by atoms with van der Waals surface area (Å²) in [4.78, 5) is 34.1. The summed E-state index contributed by atoms with van der Waals surface area (Å²) in [6.45, 7) is 0.427. The van der Waals surface area contributed by atoms with E-state index in [1.54, 1.807) is 0 Å². The second-order valence-corrected chi connectivity index (χ2v) is 6.29. The maximum Gasteiger partial charge on any atom is 0.364 e. The maximum atomic E-state index is 12.0. The molecule has 144 valence electrons. The van der Waals surface area contributed by atoms with Gasteiger partial charge >= 0.3 is 5.97 Å². The molecule has 1 unspecified atom stereocenters. The molecule has 1 aliphatic rings. The molecular formula is C15H24O10. The van der Waals surface area contributed by atoms with E-state index in [9.17, 15) is 34.8 Å². The molecule has 0 aromatic rings. The van der Waals surface area contributed by atoms with Crippen LogP contribution in [0.15, 0.2) is 0 Å². The van der Waals surface area contributed by atoms with E-state index >= 15 is 0 Å². The Morgan fingerprint density at radius 1 is 1.24 bits per heavy atom. The molecule has 1 rings (SSSR count). The summed E-state index contributed by atoms with van der Waals surface area (Å²) >= 11 is 0. The van der Waals surface area contributed by atoms with Gasteiger partial charge in [-0.3, -0.25) is 4.79 Å². The molecule has 1 saturated heterocycles. The number of hydrogen-bond acceptors (Lipinski definition) is 9. The number of carbonyl (C=O) groups excluding carboxylic acids is 2. The number of carboxylic acids is 1. The number of aliphatic hydroxyl groups excluding tert-OH is 4. The molecule has 0 bridgehead atoms. The lowest BCUT2D eigenvalue weighted by Crippen LogP contribution is -2.61. The van der Waals surface area contributed by atoms with Crippen LogP contribution in [0.3, 0.4) is 0 Å². The Morgan fingerprint density at radius 2 is 1.84 bits per heavy atom. The van der Waals surface area contributed by atoms with E-state index < -0.39 is 60.9 Å². The van der Waals surface area contributed by atoms with Gasteiger partial charge in [0.2, 0.25) is 0 Å². The first-order chi connectivity index (χ1) is 11.5. The Labute approximate surface area is 143 Å². The summed E-state index contributed by atoms with van der Waals surface area (Å²) < 4.78 is 4.99. The van der Waals surface area contributed by atoms with Crippen LogP contribution < -0.4 is 0 Å². The van der Waals surface area contributed by atoms with Crippen molar-refractivity contribution in [1.82, 2.24) is 0 Å². The first-order valence-corrected chi connectivity index (χ1v) is 7.81. The smallest absolute Gasteiger partial charge is 0.364 e. The van der Waals surface area contributed by atoms with Gasteiger partial charge in [0, 0.05) is 31.6 Å². The first kappa shape index (κ1) is 21.6. The normalized spacial score (nSPS) is 32.0. The molecule has 0 aliphatic carbocycles. The Kier molecular flexibility index (Phi) is 7.60. The van der Waals surface area contributed by atoms with Crippen molar-refractivity contribution >= 4 is 17.5 Å². The molecule has 0 spiro atoms. The predicted molar refractivity (Wildman–Crippen MR) is 80.2 cm³/mol. The summed E-state index contributed by atoms with van der Waals surface area (Å²) in [6.07, 6.45) is -7.94. The van der Waals surface area contributed by atoms with E-state index in [2.05, 4.69) is 0 Å². The maximum absolute atomic E-state index is 12.0. The van der Waals surface area contributed by atoms with Crippen molar-refractivity contribution in [3.8, 4) is 0 Å². The molecule has 6 atom stereocenters. The Bertz CT molecular complexity index is 507. The summed E-state index contributed by atoms with van der Waals surface area (Å²) in [5, 5.41) is 57.8. The van der Waals surface area contributed by atoms with Crippen LogP contribution in [0.5, 0.6) is 0 Å². The largest absolute Gasteiger partial charge is 0.477 e. The third-order valence-electron chi connectivity index (χ3n) is 4.20. The van der Waals surface area contributed by atoms with Crippen molar-refractivity contribution < 1.29 is 49.8 Å². The zero-order valence-electron chi connectivity index (χ0n) is 13.7. The summed E-state index contributed by atoms with van der Waals surface area (Å²) in [7, 11) is 0. The van der Waals surface area contributed by atoms with Gasteiger partial charge in [-0.05, 0) is 6.92 Å². The first-order valence-electron chi connectivity index (χ1n) is 7.81. The van der Waals surface area contributed by atoms with Crippen molar-refractivity contribution in [2.24, 2.45) is 5.92 Å². The average Bonchev–Trinajstić information content (AvgIpc) is 2.53. The van der Waals surface area contributed by atoms with Crippen LogP contribution in [-0.2, 0) is 19.1 Å². The van der Waals surface area contributed by atoms with E-state index in [-0.39, 0.29) is 25.0 Å². The third kappa shape index (κ3) is 5.53. The Hall–Kier alpha value is -1.43. The quantitative estimate of drug-likeness (QED) is 0.257. The highest BCUT2D eigenvalue weighted by Gasteiger charge is 2.53. The molecule has 25 heavy (non-hydrogen) atoms. The molecule has 1 heterocycles. The number of carbonyl (C=O) groups is 3. The van der Waals surface area contributed by atoms with Crippen molar-refractivity contribution in [3.63, 3.8) is 0 Å². The van der Waals surface area contributed by atoms with Crippen LogP contribution in [0.25, 0.3) is 0 Å². The Morgan fingerprint density at radius 3 is 2.32 bits per heavy atom. The standard InChI is InChI=1S/C15H24O10/c1-7(17)2-3-8(18)4-9-10(19)5-15(24,14(22)23)25-13(9)12(21)11(20)6-16/h9-13,16,19-21,24H,2-6H2,1H3,(H,22,23)/t9-,10-,11-,12-,13?,15-/m1/s1. The highest BCUT2D eigenvalue weighted by atomic mass is 16.7. The molecule has 1 aliphatic heterocycles. The predicted octanol–water partition coefficient (Wildman–Crippen LogP) is -2.43. The lowest BCUT2D eigenvalue weighted by molar-refractivity contribution is -0.304. The number of rotatable bonds is 9. The fraction of sp³-hybridized carbons (Fsp3) is 0.800. The van der Waals surface area contributed by atoms with Gasteiger partial charge in [0.05, 0.1) is 18.8 Å². The van der Waals surface area contributed by atoms with Crippen LogP contribution in [0.2, 0.25) is 0 Å². The van der Waals surface area contributed by atoms with Gasteiger partial charge < -0.3 is 40.2 Å². The number of carboxylic acid groups (broad SMARTS) is 1. The number of hydrogen-bond donors (Lipinski definition) is 6. The molecule has 0 aromatic heterocycles. The van der Waals surface area contributed by atoms with E-state index in [1.807, 2.05) is 0 Å². The number of aliphatic carboxylic acids is 1. The molecular weight excluding hydrogens is 340 g/mol. The average molecular weight is 364 g/mol. The second-order valence-electron chi connectivity index (χ2n) is 6.29. The van der Waals surface area contributed by atoms with E-state index in [1.165, 1.54) is 6.92 Å². The second kappa shape index (κ2) is 8.79. The molecule has 6 N–H and O–H groups in total. The lowest BCUT2D eigenvalue weighted by atomic mass is 9.80. The molecule has 1 fully saturated rings. The number of Topliss-reactive ketones (excluding diaryl/α,β-unsaturated/α-hetero) is 2. The Balaban J connectivity index is 2.99. The van der Waals surface area contributed by atoms with E-state index in [4.69, 9.17) is 14.9 Å².